The van der Waals surface area contributed by atoms with Gasteiger partial charge in [0.25, 0.3) is 5.91 Å². The van der Waals surface area contributed by atoms with E-state index in [0.717, 1.165) is 17.1 Å². The standard InChI is InChI=1S/C21H22N6O2/c1-2-29-20-17(4-3-9-23-20)21(28)27-14-12-26(13-15-27)19-6-5-18(24-25-19)16-7-10-22-11-8-16/h3-11H,2,12-15H2,1H3. The Morgan fingerprint density at radius 1 is 1.00 bits per heavy atom. The molecule has 1 aliphatic rings. The summed E-state index contributed by atoms with van der Waals surface area (Å²) >= 11 is 0. The summed E-state index contributed by atoms with van der Waals surface area (Å²) in [6.45, 7) is 4.95. The Bertz CT molecular complexity index is 956. The Kier molecular flexibility index (Phi) is 5.60. The lowest BCUT2D eigenvalue weighted by Crippen LogP contribution is -2.49. The van der Waals surface area contributed by atoms with Crippen LogP contribution in [-0.4, -0.2) is 63.8 Å². The number of hydrogen-bond acceptors (Lipinski definition) is 7. The van der Waals surface area contributed by atoms with Gasteiger partial charge in [-0.1, -0.05) is 0 Å². The molecule has 0 N–H and O–H groups in total. The smallest absolute Gasteiger partial charge is 0.259 e. The zero-order valence-corrected chi connectivity index (χ0v) is 16.2. The van der Waals surface area contributed by atoms with Gasteiger partial charge in [0.1, 0.15) is 5.56 Å². The summed E-state index contributed by atoms with van der Waals surface area (Å²) in [7, 11) is 0. The fraction of sp³-hybridized carbons (Fsp3) is 0.286. The van der Waals surface area contributed by atoms with Crippen LogP contribution in [0.4, 0.5) is 5.82 Å². The first-order chi connectivity index (χ1) is 14.3. The Morgan fingerprint density at radius 2 is 1.79 bits per heavy atom. The van der Waals surface area contributed by atoms with Gasteiger partial charge in [-0.25, -0.2) is 4.98 Å². The van der Waals surface area contributed by atoms with Crippen molar-refractivity contribution in [3.8, 4) is 17.1 Å². The van der Waals surface area contributed by atoms with Gasteiger partial charge >= 0.3 is 0 Å². The molecule has 3 aromatic rings. The van der Waals surface area contributed by atoms with Gasteiger partial charge in [0.2, 0.25) is 5.88 Å². The molecule has 0 aromatic carbocycles. The molecule has 8 heteroatoms. The predicted molar refractivity (Wildman–Crippen MR) is 109 cm³/mol. The van der Waals surface area contributed by atoms with Crippen molar-refractivity contribution in [2.24, 2.45) is 0 Å². The number of carbonyl (C=O) groups is 1. The maximum atomic E-state index is 12.9. The molecule has 0 bridgehead atoms. The van der Waals surface area contributed by atoms with Crippen LogP contribution in [0.15, 0.2) is 55.0 Å². The molecule has 0 unspecified atom stereocenters. The fourth-order valence-electron chi connectivity index (χ4n) is 3.28. The minimum Gasteiger partial charge on any atom is -0.477 e. The summed E-state index contributed by atoms with van der Waals surface area (Å²) in [6.07, 6.45) is 5.11. The third-order valence-corrected chi connectivity index (χ3v) is 4.80. The Labute approximate surface area is 169 Å². The third kappa shape index (κ3) is 4.16. The number of piperazine rings is 1. The maximum Gasteiger partial charge on any atom is 0.259 e. The monoisotopic (exact) mass is 390 g/mol. The van der Waals surface area contributed by atoms with Crippen molar-refractivity contribution in [2.45, 2.75) is 6.92 Å². The Hall–Kier alpha value is -3.55. The SMILES string of the molecule is CCOc1ncccc1C(=O)N1CCN(c2ccc(-c3ccncc3)nn2)CC1. The molecule has 0 radical (unpaired) electrons. The minimum atomic E-state index is -0.0553. The summed E-state index contributed by atoms with van der Waals surface area (Å²) in [5.41, 5.74) is 2.30. The van der Waals surface area contributed by atoms with Crippen molar-refractivity contribution in [3.63, 3.8) is 0 Å². The van der Waals surface area contributed by atoms with Crippen molar-refractivity contribution in [2.75, 3.05) is 37.7 Å². The highest BCUT2D eigenvalue weighted by molar-refractivity contribution is 5.96. The summed E-state index contributed by atoms with van der Waals surface area (Å²) in [6, 6.07) is 11.3. The van der Waals surface area contributed by atoms with E-state index in [2.05, 4.69) is 25.1 Å². The fourth-order valence-corrected chi connectivity index (χ4v) is 3.28. The van der Waals surface area contributed by atoms with Gasteiger partial charge in [-0.2, -0.15) is 0 Å². The maximum absolute atomic E-state index is 12.9. The van der Waals surface area contributed by atoms with Crippen molar-refractivity contribution >= 4 is 11.7 Å². The number of aromatic nitrogens is 4. The molecule has 29 heavy (non-hydrogen) atoms. The van der Waals surface area contributed by atoms with Gasteiger partial charge in [0, 0.05) is 50.3 Å². The predicted octanol–water partition coefficient (Wildman–Crippen LogP) is 2.29. The van der Waals surface area contributed by atoms with Gasteiger partial charge in [0.05, 0.1) is 12.3 Å². The second-order valence-electron chi connectivity index (χ2n) is 6.58. The van der Waals surface area contributed by atoms with Crippen LogP contribution in [0.25, 0.3) is 11.3 Å². The summed E-state index contributed by atoms with van der Waals surface area (Å²) < 4.78 is 5.50. The van der Waals surface area contributed by atoms with E-state index >= 15 is 0 Å². The van der Waals surface area contributed by atoms with E-state index in [1.165, 1.54) is 0 Å². The molecule has 0 spiro atoms. The normalized spacial score (nSPS) is 14.0. The van der Waals surface area contributed by atoms with Gasteiger partial charge in [0.15, 0.2) is 5.82 Å². The van der Waals surface area contributed by atoms with E-state index in [-0.39, 0.29) is 5.91 Å². The highest BCUT2D eigenvalue weighted by atomic mass is 16.5. The molecule has 1 fully saturated rings. The third-order valence-electron chi connectivity index (χ3n) is 4.80. The van der Waals surface area contributed by atoms with Crippen molar-refractivity contribution in [1.29, 1.82) is 0 Å². The van der Waals surface area contributed by atoms with Crippen LogP contribution in [0.2, 0.25) is 0 Å². The summed E-state index contributed by atoms with van der Waals surface area (Å²) in [4.78, 5) is 25.1. The van der Waals surface area contributed by atoms with E-state index < -0.39 is 0 Å². The van der Waals surface area contributed by atoms with Crippen LogP contribution in [0.3, 0.4) is 0 Å². The average Bonchev–Trinajstić information content (AvgIpc) is 2.80. The number of pyridine rings is 2. The molecular formula is C21H22N6O2. The zero-order chi connectivity index (χ0) is 20.1. The number of rotatable bonds is 5. The van der Waals surface area contributed by atoms with E-state index in [4.69, 9.17) is 4.74 Å². The van der Waals surface area contributed by atoms with Crippen LogP contribution in [0, 0.1) is 0 Å². The Balaban J connectivity index is 1.40. The van der Waals surface area contributed by atoms with Gasteiger partial charge < -0.3 is 14.5 Å². The lowest BCUT2D eigenvalue weighted by atomic mass is 10.2. The molecule has 0 aliphatic carbocycles. The van der Waals surface area contributed by atoms with E-state index in [1.54, 1.807) is 30.7 Å². The molecule has 1 saturated heterocycles. The molecule has 0 saturated carbocycles. The Morgan fingerprint density at radius 3 is 2.48 bits per heavy atom. The lowest BCUT2D eigenvalue weighted by Gasteiger charge is -2.35. The van der Waals surface area contributed by atoms with Crippen molar-refractivity contribution < 1.29 is 9.53 Å². The summed E-state index contributed by atoms with van der Waals surface area (Å²) in [5.74, 6) is 1.15. The average molecular weight is 390 g/mol. The number of hydrogen-bond donors (Lipinski definition) is 0. The van der Waals surface area contributed by atoms with Gasteiger partial charge in [-0.05, 0) is 43.3 Å². The van der Waals surface area contributed by atoms with Crippen LogP contribution < -0.4 is 9.64 Å². The van der Waals surface area contributed by atoms with E-state index in [0.29, 0.717) is 44.2 Å². The molecule has 3 aromatic heterocycles. The number of nitrogens with zero attached hydrogens (tertiary/aromatic N) is 6. The van der Waals surface area contributed by atoms with Crippen LogP contribution in [0.5, 0.6) is 5.88 Å². The highest BCUT2D eigenvalue weighted by Crippen LogP contribution is 2.21. The number of ether oxygens (including phenoxy) is 1. The molecule has 1 amide bonds. The van der Waals surface area contributed by atoms with Crippen LogP contribution in [0.1, 0.15) is 17.3 Å². The molecule has 0 atom stereocenters. The van der Waals surface area contributed by atoms with E-state index in [1.807, 2.05) is 36.1 Å². The first kappa shape index (κ1) is 18.8. The van der Waals surface area contributed by atoms with Gasteiger partial charge in [-0.15, -0.1) is 10.2 Å². The van der Waals surface area contributed by atoms with Crippen LogP contribution >= 0.6 is 0 Å². The number of amides is 1. The van der Waals surface area contributed by atoms with E-state index in [9.17, 15) is 4.79 Å². The minimum absolute atomic E-state index is 0.0553. The molecule has 1 aliphatic heterocycles. The van der Waals surface area contributed by atoms with Crippen LogP contribution in [-0.2, 0) is 0 Å². The topological polar surface area (TPSA) is 84.3 Å². The zero-order valence-electron chi connectivity index (χ0n) is 16.2. The quantitative estimate of drug-likeness (QED) is 0.661. The lowest BCUT2D eigenvalue weighted by molar-refractivity contribution is 0.0741. The van der Waals surface area contributed by atoms with Crippen molar-refractivity contribution in [1.82, 2.24) is 25.1 Å². The second kappa shape index (κ2) is 8.64. The highest BCUT2D eigenvalue weighted by Gasteiger charge is 2.25. The first-order valence-electron chi connectivity index (χ1n) is 9.62. The second-order valence-corrected chi connectivity index (χ2v) is 6.58. The summed E-state index contributed by atoms with van der Waals surface area (Å²) in [5, 5.41) is 8.70. The molecule has 8 nitrogen and oxygen atoms in total. The molecule has 148 valence electrons. The van der Waals surface area contributed by atoms with Crippen molar-refractivity contribution in [3.05, 3.63) is 60.6 Å². The van der Waals surface area contributed by atoms with Gasteiger partial charge in [-0.3, -0.25) is 9.78 Å². The molecule has 4 heterocycles. The number of carbonyl (C=O) groups excluding carboxylic acids is 1. The molecular weight excluding hydrogens is 368 g/mol. The number of anilines is 1. The largest absolute Gasteiger partial charge is 0.477 e. The first-order valence-corrected chi connectivity index (χ1v) is 9.62. The molecule has 4 rings (SSSR count).